The van der Waals surface area contributed by atoms with E-state index in [1.165, 1.54) is 0 Å². The molecule has 0 radical (unpaired) electrons. The Kier molecular flexibility index (Phi) is 5.67. The first-order chi connectivity index (χ1) is 9.40. The Balaban J connectivity index is 2.64. The quantitative estimate of drug-likeness (QED) is 0.511. The first kappa shape index (κ1) is 15.6. The minimum atomic E-state index is -1.57. The summed E-state index contributed by atoms with van der Waals surface area (Å²) in [4.78, 5) is 33.4. The number of carboxylic acids is 1. The summed E-state index contributed by atoms with van der Waals surface area (Å²) in [5, 5.41) is 20.7. The molecule has 2 atom stereocenters. The standard InChI is InChI=1S/C13H16N2O5/c14-10(17)7-9(16)12(13(19)20)15-11(18)6-8-4-2-1-3-5-8/h1-5,9,12,16H,6-7H2,(H2,14,17)(H,15,18)(H,19,20)/t9?,12-/m0/s1. The third-order valence-electron chi connectivity index (χ3n) is 2.59. The topological polar surface area (TPSA) is 130 Å². The van der Waals surface area contributed by atoms with Gasteiger partial charge in [-0.3, -0.25) is 9.59 Å². The second-order valence-electron chi connectivity index (χ2n) is 4.28. The van der Waals surface area contributed by atoms with Crippen LogP contribution in [0.15, 0.2) is 30.3 Å². The fraction of sp³-hybridized carbons (Fsp3) is 0.308. The highest BCUT2D eigenvalue weighted by molar-refractivity contribution is 5.86. The molecule has 0 aliphatic carbocycles. The molecule has 0 fully saturated rings. The summed E-state index contributed by atoms with van der Waals surface area (Å²) < 4.78 is 0. The molecule has 7 heteroatoms. The molecule has 5 N–H and O–H groups in total. The summed E-state index contributed by atoms with van der Waals surface area (Å²) in [6.45, 7) is 0. The number of aliphatic carboxylic acids is 1. The van der Waals surface area contributed by atoms with E-state index in [1.807, 2.05) is 0 Å². The second-order valence-corrected chi connectivity index (χ2v) is 4.28. The highest BCUT2D eigenvalue weighted by Crippen LogP contribution is 2.03. The Morgan fingerprint density at radius 1 is 1.20 bits per heavy atom. The van der Waals surface area contributed by atoms with Gasteiger partial charge in [0.2, 0.25) is 11.8 Å². The molecule has 0 spiro atoms. The number of hydrogen-bond acceptors (Lipinski definition) is 4. The molecule has 0 aliphatic heterocycles. The molecule has 1 rings (SSSR count). The first-order valence-corrected chi connectivity index (χ1v) is 5.92. The van der Waals surface area contributed by atoms with Gasteiger partial charge in [0.15, 0.2) is 6.04 Å². The van der Waals surface area contributed by atoms with Crippen molar-refractivity contribution in [2.75, 3.05) is 0 Å². The van der Waals surface area contributed by atoms with Gasteiger partial charge in [-0.1, -0.05) is 30.3 Å². The van der Waals surface area contributed by atoms with E-state index >= 15 is 0 Å². The van der Waals surface area contributed by atoms with E-state index in [1.54, 1.807) is 30.3 Å². The summed E-state index contributed by atoms with van der Waals surface area (Å²) in [6.07, 6.45) is -2.12. The minimum Gasteiger partial charge on any atom is -0.480 e. The molecule has 0 heterocycles. The minimum absolute atomic E-state index is 0.0199. The maximum Gasteiger partial charge on any atom is 0.328 e. The van der Waals surface area contributed by atoms with Gasteiger partial charge in [-0.25, -0.2) is 4.79 Å². The molecule has 1 aromatic carbocycles. The fourth-order valence-electron chi connectivity index (χ4n) is 1.65. The lowest BCUT2D eigenvalue weighted by Gasteiger charge is -2.19. The number of aliphatic hydroxyl groups excluding tert-OH is 1. The normalized spacial score (nSPS) is 13.2. The van der Waals surface area contributed by atoms with Crippen LogP contribution in [0.1, 0.15) is 12.0 Å². The Morgan fingerprint density at radius 3 is 2.30 bits per heavy atom. The van der Waals surface area contributed by atoms with E-state index in [-0.39, 0.29) is 6.42 Å². The highest BCUT2D eigenvalue weighted by Gasteiger charge is 2.29. The van der Waals surface area contributed by atoms with Crippen LogP contribution in [0.25, 0.3) is 0 Å². The molecule has 1 aromatic rings. The lowest BCUT2D eigenvalue weighted by atomic mass is 10.1. The van der Waals surface area contributed by atoms with Crippen LogP contribution >= 0.6 is 0 Å². The van der Waals surface area contributed by atoms with Crippen molar-refractivity contribution in [3.8, 4) is 0 Å². The van der Waals surface area contributed by atoms with Gasteiger partial charge < -0.3 is 21.3 Å². The molecule has 2 amide bonds. The van der Waals surface area contributed by atoms with Crippen LogP contribution in [0.2, 0.25) is 0 Å². The van der Waals surface area contributed by atoms with Crippen LogP contribution in [0, 0.1) is 0 Å². The van der Waals surface area contributed by atoms with Crippen molar-refractivity contribution in [2.45, 2.75) is 25.0 Å². The maximum absolute atomic E-state index is 11.7. The van der Waals surface area contributed by atoms with E-state index in [4.69, 9.17) is 10.8 Å². The van der Waals surface area contributed by atoms with Crippen molar-refractivity contribution in [2.24, 2.45) is 5.73 Å². The van der Waals surface area contributed by atoms with Crippen molar-refractivity contribution in [3.05, 3.63) is 35.9 Å². The SMILES string of the molecule is NC(=O)CC(O)[C@H](NC(=O)Cc1ccccc1)C(=O)O. The molecule has 20 heavy (non-hydrogen) atoms. The number of amides is 2. The van der Waals surface area contributed by atoms with Crippen LogP contribution < -0.4 is 11.1 Å². The van der Waals surface area contributed by atoms with E-state index < -0.39 is 36.4 Å². The van der Waals surface area contributed by atoms with Crippen molar-refractivity contribution >= 4 is 17.8 Å². The zero-order chi connectivity index (χ0) is 15.1. The van der Waals surface area contributed by atoms with Gasteiger partial charge in [-0.2, -0.15) is 0 Å². The maximum atomic E-state index is 11.7. The van der Waals surface area contributed by atoms with Crippen LogP contribution in [0.3, 0.4) is 0 Å². The largest absolute Gasteiger partial charge is 0.480 e. The van der Waals surface area contributed by atoms with Gasteiger partial charge in [0.1, 0.15) is 0 Å². The summed E-state index contributed by atoms with van der Waals surface area (Å²) in [5.74, 6) is -2.84. The predicted octanol–water partition coefficient (Wildman–Crippen LogP) is -0.965. The monoisotopic (exact) mass is 280 g/mol. The Morgan fingerprint density at radius 2 is 1.80 bits per heavy atom. The van der Waals surface area contributed by atoms with Gasteiger partial charge in [-0.05, 0) is 5.56 Å². The van der Waals surface area contributed by atoms with Crippen LogP contribution in [-0.4, -0.2) is 40.1 Å². The Labute approximate surface area is 115 Å². The number of primary amides is 1. The number of nitrogens with one attached hydrogen (secondary N) is 1. The Hall–Kier alpha value is -2.41. The van der Waals surface area contributed by atoms with Gasteiger partial charge in [0, 0.05) is 0 Å². The van der Waals surface area contributed by atoms with Crippen molar-refractivity contribution in [1.82, 2.24) is 5.32 Å². The number of carboxylic acid groups (broad SMARTS) is 1. The zero-order valence-electron chi connectivity index (χ0n) is 10.7. The number of aliphatic hydroxyl groups is 1. The van der Waals surface area contributed by atoms with E-state index in [2.05, 4.69) is 5.32 Å². The van der Waals surface area contributed by atoms with E-state index in [9.17, 15) is 19.5 Å². The lowest BCUT2D eigenvalue weighted by molar-refractivity contribution is -0.145. The summed E-state index contributed by atoms with van der Waals surface area (Å²) in [6, 6.07) is 7.15. The number of hydrogen-bond donors (Lipinski definition) is 4. The second kappa shape index (κ2) is 7.25. The van der Waals surface area contributed by atoms with E-state index in [0.29, 0.717) is 5.56 Å². The first-order valence-electron chi connectivity index (χ1n) is 5.92. The Bertz CT molecular complexity index is 489. The van der Waals surface area contributed by atoms with Crippen molar-refractivity contribution in [3.63, 3.8) is 0 Å². The average molecular weight is 280 g/mol. The molecule has 1 unspecified atom stereocenters. The van der Waals surface area contributed by atoms with E-state index in [0.717, 1.165) is 0 Å². The number of carbonyl (C=O) groups is 3. The van der Waals surface area contributed by atoms with Crippen molar-refractivity contribution < 1.29 is 24.6 Å². The van der Waals surface area contributed by atoms with Crippen molar-refractivity contribution in [1.29, 1.82) is 0 Å². The number of rotatable bonds is 7. The lowest BCUT2D eigenvalue weighted by Crippen LogP contribution is -2.50. The molecule has 108 valence electrons. The smallest absolute Gasteiger partial charge is 0.328 e. The fourth-order valence-corrected chi connectivity index (χ4v) is 1.65. The summed E-state index contributed by atoms with van der Waals surface area (Å²) in [7, 11) is 0. The van der Waals surface area contributed by atoms with Gasteiger partial charge in [-0.15, -0.1) is 0 Å². The summed E-state index contributed by atoms with van der Waals surface area (Å²) in [5.41, 5.74) is 5.59. The molecule has 0 saturated heterocycles. The van der Waals surface area contributed by atoms with Gasteiger partial charge in [0.25, 0.3) is 0 Å². The molecular formula is C13H16N2O5. The predicted molar refractivity (Wildman–Crippen MR) is 69.5 cm³/mol. The summed E-state index contributed by atoms with van der Waals surface area (Å²) >= 11 is 0. The number of carbonyl (C=O) groups excluding carboxylic acids is 2. The zero-order valence-corrected chi connectivity index (χ0v) is 10.7. The molecular weight excluding hydrogens is 264 g/mol. The molecule has 0 aliphatic rings. The number of benzene rings is 1. The average Bonchev–Trinajstić information content (AvgIpc) is 2.35. The van der Waals surface area contributed by atoms with Crippen LogP contribution in [0.4, 0.5) is 0 Å². The molecule has 0 aromatic heterocycles. The van der Waals surface area contributed by atoms with Crippen LogP contribution in [-0.2, 0) is 20.8 Å². The third-order valence-corrected chi connectivity index (χ3v) is 2.59. The molecule has 7 nitrogen and oxygen atoms in total. The highest BCUT2D eigenvalue weighted by atomic mass is 16.4. The third kappa shape index (κ3) is 5.07. The van der Waals surface area contributed by atoms with Gasteiger partial charge >= 0.3 is 5.97 Å². The van der Waals surface area contributed by atoms with Gasteiger partial charge in [0.05, 0.1) is 18.9 Å². The number of nitrogens with two attached hydrogens (primary N) is 1. The van der Waals surface area contributed by atoms with Crippen LogP contribution in [0.5, 0.6) is 0 Å². The molecule has 0 saturated carbocycles. The molecule has 0 bridgehead atoms.